The fraction of sp³-hybridized carbons (Fsp3) is 0.130. The van der Waals surface area contributed by atoms with Crippen LogP contribution in [-0.2, 0) is 19.5 Å². The standard InChI is InChI=1S/C23H23N3O6S/c1-31-14-15-32-23(28)25-20-7-5-6-19(16-20)24-22(27)17-10-12-18(13-11-17)26-33(29,30)21-8-3-2-4-9-21/h2-13,16,26H,14-15H2,1H3,(H,24,27)(H,25,28). The van der Waals surface area contributed by atoms with Crippen molar-refractivity contribution in [3.63, 3.8) is 0 Å². The van der Waals surface area contributed by atoms with Gasteiger partial charge in [-0.25, -0.2) is 13.2 Å². The Bertz CT molecular complexity index is 1200. The lowest BCUT2D eigenvalue weighted by atomic mass is 10.2. The number of hydrogen-bond acceptors (Lipinski definition) is 6. The Labute approximate surface area is 191 Å². The van der Waals surface area contributed by atoms with E-state index in [4.69, 9.17) is 9.47 Å². The van der Waals surface area contributed by atoms with Crippen LogP contribution in [0.4, 0.5) is 21.9 Å². The smallest absolute Gasteiger partial charge is 0.411 e. The van der Waals surface area contributed by atoms with Crippen molar-refractivity contribution in [2.45, 2.75) is 4.90 Å². The number of methoxy groups -OCH3 is 1. The summed E-state index contributed by atoms with van der Waals surface area (Å²) in [5.41, 5.74) is 1.56. The lowest BCUT2D eigenvalue weighted by Crippen LogP contribution is -2.17. The number of sulfonamides is 1. The van der Waals surface area contributed by atoms with Crippen molar-refractivity contribution < 1.29 is 27.5 Å². The fourth-order valence-corrected chi connectivity index (χ4v) is 3.83. The molecule has 172 valence electrons. The van der Waals surface area contributed by atoms with Gasteiger partial charge in [-0.3, -0.25) is 14.8 Å². The average molecular weight is 470 g/mol. The third-order valence-electron chi connectivity index (χ3n) is 4.34. The van der Waals surface area contributed by atoms with Crippen molar-refractivity contribution in [2.24, 2.45) is 0 Å². The largest absolute Gasteiger partial charge is 0.447 e. The predicted octanol–water partition coefficient (Wildman–Crippen LogP) is 3.93. The van der Waals surface area contributed by atoms with Gasteiger partial charge in [-0.1, -0.05) is 24.3 Å². The summed E-state index contributed by atoms with van der Waals surface area (Å²) in [6.45, 7) is 0.409. The van der Waals surface area contributed by atoms with E-state index in [0.717, 1.165) is 0 Å². The molecule has 9 nitrogen and oxygen atoms in total. The second-order valence-electron chi connectivity index (χ2n) is 6.78. The van der Waals surface area contributed by atoms with E-state index >= 15 is 0 Å². The minimum Gasteiger partial charge on any atom is -0.447 e. The lowest BCUT2D eigenvalue weighted by molar-refractivity contribution is 0.102. The second kappa shape index (κ2) is 11.1. The van der Waals surface area contributed by atoms with Gasteiger partial charge < -0.3 is 14.8 Å². The summed E-state index contributed by atoms with van der Waals surface area (Å²) < 4.78 is 37.0. The molecule has 3 rings (SSSR count). The molecule has 2 amide bonds. The first kappa shape index (κ1) is 23.8. The zero-order valence-electron chi connectivity index (χ0n) is 17.8. The number of carbonyl (C=O) groups is 2. The number of carbonyl (C=O) groups excluding carboxylic acids is 2. The molecule has 10 heteroatoms. The first-order valence-electron chi connectivity index (χ1n) is 9.89. The first-order chi connectivity index (χ1) is 15.9. The zero-order chi connectivity index (χ0) is 23.7. The molecule has 0 saturated carbocycles. The van der Waals surface area contributed by atoms with Gasteiger partial charge in [-0.15, -0.1) is 0 Å². The third kappa shape index (κ3) is 7.06. The van der Waals surface area contributed by atoms with Crippen molar-refractivity contribution in [1.82, 2.24) is 0 Å². The summed E-state index contributed by atoms with van der Waals surface area (Å²) in [6.07, 6.45) is -0.635. The average Bonchev–Trinajstić information content (AvgIpc) is 2.80. The van der Waals surface area contributed by atoms with Crippen LogP contribution in [0.15, 0.2) is 83.8 Å². The van der Waals surface area contributed by atoms with E-state index in [1.165, 1.54) is 43.5 Å². The Kier molecular flexibility index (Phi) is 8.01. The molecular formula is C23H23N3O6S. The van der Waals surface area contributed by atoms with E-state index in [1.807, 2.05) is 0 Å². The van der Waals surface area contributed by atoms with Crippen molar-refractivity contribution in [3.8, 4) is 0 Å². The summed E-state index contributed by atoms with van der Waals surface area (Å²) in [7, 11) is -2.22. The fourth-order valence-electron chi connectivity index (χ4n) is 2.75. The molecule has 0 heterocycles. The molecule has 0 aliphatic carbocycles. The van der Waals surface area contributed by atoms with Crippen LogP contribution in [0.25, 0.3) is 0 Å². The number of nitrogens with one attached hydrogen (secondary N) is 3. The number of rotatable bonds is 9. The van der Waals surface area contributed by atoms with Gasteiger partial charge in [0.15, 0.2) is 0 Å². The summed E-state index contributed by atoms with van der Waals surface area (Å²) in [4.78, 5) is 24.4. The van der Waals surface area contributed by atoms with Gasteiger partial charge in [0.1, 0.15) is 6.61 Å². The van der Waals surface area contributed by atoms with Gasteiger partial charge in [0.2, 0.25) is 0 Å². The Morgan fingerprint density at radius 3 is 2.12 bits per heavy atom. The highest BCUT2D eigenvalue weighted by Crippen LogP contribution is 2.19. The van der Waals surface area contributed by atoms with Crippen LogP contribution < -0.4 is 15.4 Å². The molecule has 3 aromatic carbocycles. The van der Waals surface area contributed by atoms with Gasteiger partial charge in [0.25, 0.3) is 15.9 Å². The van der Waals surface area contributed by atoms with Gasteiger partial charge in [0, 0.05) is 29.7 Å². The maximum Gasteiger partial charge on any atom is 0.411 e. The van der Waals surface area contributed by atoms with Crippen LogP contribution in [0.2, 0.25) is 0 Å². The molecule has 0 aromatic heterocycles. The number of amides is 2. The minimum absolute atomic E-state index is 0.121. The number of hydrogen-bond donors (Lipinski definition) is 3. The maximum absolute atomic E-state index is 12.6. The van der Waals surface area contributed by atoms with Gasteiger partial charge in [-0.2, -0.15) is 0 Å². The van der Waals surface area contributed by atoms with Gasteiger partial charge in [0.05, 0.1) is 11.5 Å². The Hall–Kier alpha value is -3.89. The molecule has 33 heavy (non-hydrogen) atoms. The molecule has 0 radical (unpaired) electrons. The van der Waals surface area contributed by atoms with Crippen molar-refractivity contribution >= 4 is 39.1 Å². The molecule has 0 bridgehead atoms. The van der Waals surface area contributed by atoms with E-state index in [1.54, 1.807) is 42.5 Å². The SMILES string of the molecule is COCCOC(=O)Nc1cccc(NC(=O)c2ccc(NS(=O)(=O)c3ccccc3)cc2)c1. The summed E-state index contributed by atoms with van der Waals surface area (Å²) in [5, 5.41) is 5.29. The van der Waals surface area contributed by atoms with Crippen LogP contribution in [0.5, 0.6) is 0 Å². The predicted molar refractivity (Wildman–Crippen MR) is 125 cm³/mol. The molecule has 3 N–H and O–H groups in total. The van der Waals surface area contributed by atoms with E-state index in [0.29, 0.717) is 22.6 Å². The molecule has 0 fully saturated rings. The Balaban J connectivity index is 1.60. The topological polar surface area (TPSA) is 123 Å². The van der Waals surface area contributed by atoms with Crippen LogP contribution in [0.3, 0.4) is 0 Å². The molecule has 0 aliphatic rings. The molecular weight excluding hydrogens is 446 g/mol. The van der Waals surface area contributed by atoms with Crippen LogP contribution in [0, 0.1) is 0 Å². The van der Waals surface area contributed by atoms with Crippen LogP contribution >= 0.6 is 0 Å². The van der Waals surface area contributed by atoms with E-state index < -0.39 is 22.0 Å². The monoisotopic (exact) mass is 469 g/mol. The minimum atomic E-state index is -3.72. The van der Waals surface area contributed by atoms with Crippen LogP contribution in [0.1, 0.15) is 10.4 Å². The highest BCUT2D eigenvalue weighted by molar-refractivity contribution is 7.92. The number of benzene rings is 3. The highest BCUT2D eigenvalue weighted by atomic mass is 32.2. The molecule has 0 atom stereocenters. The van der Waals surface area contributed by atoms with E-state index in [9.17, 15) is 18.0 Å². The van der Waals surface area contributed by atoms with Crippen molar-refractivity contribution in [1.29, 1.82) is 0 Å². The Morgan fingerprint density at radius 1 is 0.788 bits per heavy atom. The normalized spacial score (nSPS) is 10.8. The zero-order valence-corrected chi connectivity index (χ0v) is 18.6. The maximum atomic E-state index is 12.6. The number of ether oxygens (including phenoxy) is 2. The molecule has 0 aliphatic heterocycles. The summed E-state index contributed by atoms with van der Waals surface area (Å²) in [6, 6.07) is 20.6. The molecule has 0 saturated heterocycles. The molecule has 0 spiro atoms. The van der Waals surface area contributed by atoms with Crippen LogP contribution in [-0.4, -0.2) is 40.7 Å². The number of anilines is 3. The first-order valence-corrected chi connectivity index (χ1v) is 11.4. The van der Waals surface area contributed by atoms with E-state index in [2.05, 4.69) is 15.4 Å². The Morgan fingerprint density at radius 2 is 1.45 bits per heavy atom. The quantitative estimate of drug-likeness (QED) is 0.408. The molecule has 0 unspecified atom stereocenters. The summed E-state index contributed by atoms with van der Waals surface area (Å²) in [5.74, 6) is -0.396. The second-order valence-corrected chi connectivity index (χ2v) is 8.47. The lowest BCUT2D eigenvalue weighted by Gasteiger charge is -2.10. The third-order valence-corrected chi connectivity index (χ3v) is 5.74. The van der Waals surface area contributed by atoms with Gasteiger partial charge >= 0.3 is 6.09 Å². The summed E-state index contributed by atoms with van der Waals surface area (Å²) >= 11 is 0. The highest BCUT2D eigenvalue weighted by Gasteiger charge is 2.14. The van der Waals surface area contributed by atoms with E-state index in [-0.39, 0.29) is 18.1 Å². The van der Waals surface area contributed by atoms with Crippen molar-refractivity contribution in [2.75, 3.05) is 35.7 Å². The molecule has 3 aromatic rings. The van der Waals surface area contributed by atoms with Gasteiger partial charge in [-0.05, 0) is 54.6 Å². The van der Waals surface area contributed by atoms with Crippen molar-refractivity contribution in [3.05, 3.63) is 84.4 Å².